The van der Waals surface area contributed by atoms with Gasteiger partial charge in [0, 0.05) is 5.41 Å². The van der Waals surface area contributed by atoms with Crippen LogP contribution in [0.25, 0.3) is 0 Å². The van der Waals surface area contributed by atoms with Gasteiger partial charge in [-0.25, -0.2) is 4.68 Å². The average Bonchev–Trinajstić information content (AvgIpc) is 2.48. The Hall–Kier alpha value is -1.46. The van der Waals surface area contributed by atoms with Crippen molar-refractivity contribution in [1.29, 1.82) is 0 Å². The fourth-order valence-corrected chi connectivity index (χ4v) is 1.32. The Kier molecular flexibility index (Phi) is 3.06. The van der Waals surface area contributed by atoms with Crippen LogP contribution in [0.3, 0.4) is 0 Å². The molecule has 1 unspecified atom stereocenters. The Morgan fingerprint density at radius 1 is 1.53 bits per heavy atom. The predicted molar refractivity (Wildman–Crippen MR) is 53.5 cm³/mol. The van der Waals surface area contributed by atoms with Gasteiger partial charge in [-0.3, -0.25) is 4.79 Å². The molecule has 6 heteroatoms. The minimum atomic E-state index is -0.849. The largest absolute Gasteiger partial charge is 0.481 e. The fraction of sp³-hybridized carbons (Fsp3) is 0.778. The van der Waals surface area contributed by atoms with E-state index in [1.165, 1.54) is 0 Å². The summed E-state index contributed by atoms with van der Waals surface area (Å²) in [6.45, 7) is 7.76. The summed E-state index contributed by atoms with van der Waals surface area (Å²) in [4.78, 5) is 10.6. The number of hydrogen-bond donors (Lipinski definition) is 1. The maximum Gasteiger partial charge on any atom is 0.305 e. The Morgan fingerprint density at radius 3 is 2.60 bits per heavy atom. The summed E-state index contributed by atoms with van der Waals surface area (Å²) >= 11 is 0. The second-order valence-corrected chi connectivity index (χ2v) is 4.64. The Balaban J connectivity index is 2.95. The van der Waals surface area contributed by atoms with Crippen molar-refractivity contribution in [3.05, 3.63) is 5.82 Å². The third kappa shape index (κ3) is 2.74. The monoisotopic (exact) mass is 212 g/mol. The number of hydrogen-bond acceptors (Lipinski definition) is 4. The highest BCUT2D eigenvalue weighted by Gasteiger charge is 2.25. The van der Waals surface area contributed by atoms with Gasteiger partial charge in [0.05, 0.1) is 12.5 Å². The maximum absolute atomic E-state index is 10.6. The minimum Gasteiger partial charge on any atom is -0.481 e. The first-order chi connectivity index (χ1) is 6.82. The third-order valence-corrected chi connectivity index (χ3v) is 2.05. The van der Waals surface area contributed by atoms with Crippen LogP contribution < -0.4 is 0 Å². The molecule has 1 heterocycles. The van der Waals surface area contributed by atoms with Crippen LogP contribution in [0.2, 0.25) is 0 Å². The predicted octanol–water partition coefficient (Wildman–Crippen LogP) is 1.01. The molecule has 0 aromatic carbocycles. The summed E-state index contributed by atoms with van der Waals surface area (Å²) in [5.74, 6) is -0.144. The van der Waals surface area contributed by atoms with Gasteiger partial charge < -0.3 is 5.11 Å². The van der Waals surface area contributed by atoms with Crippen LogP contribution in [0.1, 0.15) is 46.0 Å². The van der Waals surface area contributed by atoms with Crippen molar-refractivity contribution in [2.24, 2.45) is 0 Å². The van der Waals surface area contributed by atoms with Crippen LogP contribution in [-0.4, -0.2) is 31.3 Å². The normalized spacial score (nSPS) is 13.9. The van der Waals surface area contributed by atoms with E-state index in [4.69, 9.17) is 5.11 Å². The first-order valence-electron chi connectivity index (χ1n) is 4.82. The van der Waals surface area contributed by atoms with Crippen LogP contribution in [0.4, 0.5) is 0 Å². The van der Waals surface area contributed by atoms with Crippen LogP contribution in [0.15, 0.2) is 0 Å². The van der Waals surface area contributed by atoms with Crippen LogP contribution in [0.5, 0.6) is 0 Å². The molecule has 0 fully saturated rings. The number of rotatable bonds is 3. The van der Waals surface area contributed by atoms with Gasteiger partial charge in [0.15, 0.2) is 5.82 Å². The zero-order chi connectivity index (χ0) is 11.6. The number of nitrogens with zero attached hydrogens (tertiary/aromatic N) is 4. The smallest absolute Gasteiger partial charge is 0.305 e. The van der Waals surface area contributed by atoms with Crippen molar-refractivity contribution >= 4 is 5.97 Å². The lowest BCUT2D eigenvalue weighted by atomic mass is 9.95. The summed E-state index contributed by atoms with van der Waals surface area (Å²) in [6, 6.07) is -0.230. The summed E-state index contributed by atoms with van der Waals surface area (Å²) in [6.07, 6.45) is 0.0219. The Bertz CT molecular complexity index is 353. The van der Waals surface area contributed by atoms with E-state index in [1.54, 1.807) is 11.6 Å². The number of aromatic nitrogens is 4. The van der Waals surface area contributed by atoms with E-state index in [2.05, 4.69) is 15.5 Å². The van der Waals surface area contributed by atoms with E-state index in [9.17, 15) is 4.79 Å². The molecule has 0 amide bonds. The van der Waals surface area contributed by atoms with E-state index >= 15 is 0 Å². The molecule has 1 aromatic rings. The van der Waals surface area contributed by atoms with Gasteiger partial charge in [0.25, 0.3) is 0 Å². The first kappa shape index (κ1) is 11.6. The average molecular weight is 212 g/mol. The van der Waals surface area contributed by atoms with Gasteiger partial charge in [-0.05, 0) is 17.4 Å². The SMILES string of the molecule is CC(CC(=O)O)n1nnnc1C(C)(C)C. The molecule has 0 aliphatic heterocycles. The summed E-state index contributed by atoms with van der Waals surface area (Å²) in [7, 11) is 0. The lowest BCUT2D eigenvalue weighted by Crippen LogP contribution is -2.23. The van der Waals surface area contributed by atoms with Gasteiger partial charge in [0.2, 0.25) is 0 Å². The van der Waals surface area contributed by atoms with Crippen LogP contribution >= 0.6 is 0 Å². The Morgan fingerprint density at radius 2 is 2.13 bits per heavy atom. The molecule has 0 bridgehead atoms. The number of carboxylic acids is 1. The molecule has 6 nitrogen and oxygen atoms in total. The zero-order valence-corrected chi connectivity index (χ0v) is 9.43. The number of carboxylic acid groups (broad SMARTS) is 1. The molecule has 0 aliphatic carbocycles. The number of carbonyl (C=O) groups is 1. The van der Waals surface area contributed by atoms with Gasteiger partial charge in [-0.15, -0.1) is 5.10 Å². The number of aliphatic carboxylic acids is 1. The standard InChI is InChI=1S/C9H16N4O2/c1-6(5-7(14)15)13-8(9(2,3)4)10-11-12-13/h6H,5H2,1-4H3,(H,14,15). The maximum atomic E-state index is 10.6. The lowest BCUT2D eigenvalue weighted by Gasteiger charge is -2.19. The molecule has 0 radical (unpaired) electrons. The summed E-state index contributed by atoms with van der Waals surface area (Å²) < 4.78 is 1.58. The first-order valence-corrected chi connectivity index (χ1v) is 4.82. The summed E-state index contributed by atoms with van der Waals surface area (Å²) in [5.41, 5.74) is -0.184. The molecule has 15 heavy (non-hydrogen) atoms. The van der Waals surface area contributed by atoms with Crippen molar-refractivity contribution in [3.8, 4) is 0 Å². The molecular weight excluding hydrogens is 196 g/mol. The van der Waals surface area contributed by atoms with E-state index < -0.39 is 5.97 Å². The van der Waals surface area contributed by atoms with E-state index in [0.29, 0.717) is 5.82 Å². The Labute approximate surface area is 88.3 Å². The molecule has 0 saturated heterocycles. The fourth-order valence-electron chi connectivity index (χ4n) is 1.32. The van der Waals surface area contributed by atoms with Crippen molar-refractivity contribution in [2.75, 3.05) is 0 Å². The molecular formula is C9H16N4O2. The molecule has 84 valence electrons. The van der Waals surface area contributed by atoms with E-state index in [0.717, 1.165) is 0 Å². The van der Waals surface area contributed by atoms with Gasteiger partial charge >= 0.3 is 5.97 Å². The topological polar surface area (TPSA) is 80.9 Å². The van der Waals surface area contributed by atoms with Gasteiger partial charge in [0.1, 0.15) is 0 Å². The molecule has 0 spiro atoms. The molecule has 0 saturated carbocycles. The van der Waals surface area contributed by atoms with Crippen LogP contribution in [0, 0.1) is 0 Å². The van der Waals surface area contributed by atoms with E-state index in [1.807, 2.05) is 20.8 Å². The second-order valence-electron chi connectivity index (χ2n) is 4.64. The minimum absolute atomic E-state index is 0.0219. The van der Waals surface area contributed by atoms with Crippen molar-refractivity contribution in [3.63, 3.8) is 0 Å². The zero-order valence-electron chi connectivity index (χ0n) is 9.43. The molecule has 1 N–H and O–H groups in total. The molecule has 0 aliphatic rings. The van der Waals surface area contributed by atoms with Crippen LogP contribution in [-0.2, 0) is 10.2 Å². The molecule has 1 aromatic heterocycles. The second kappa shape index (κ2) is 3.96. The highest BCUT2D eigenvalue weighted by atomic mass is 16.4. The van der Waals surface area contributed by atoms with Gasteiger partial charge in [-0.1, -0.05) is 20.8 Å². The van der Waals surface area contributed by atoms with Crippen molar-refractivity contribution in [2.45, 2.75) is 45.6 Å². The van der Waals surface area contributed by atoms with Gasteiger partial charge in [-0.2, -0.15) is 0 Å². The summed E-state index contributed by atoms with van der Waals surface area (Å²) in [5, 5.41) is 20.0. The molecule has 1 rings (SSSR count). The van der Waals surface area contributed by atoms with Crippen molar-refractivity contribution in [1.82, 2.24) is 20.2 Å². The van der Waals surface area contributed by atoms with Crippen molar-refractivity contribution < 1.29 is 9.90 Å². The highest BCUT2D eigenvalue weighted by Crippen LogP contribution is 2.22. The lowest BCUT2D eigenvalue weighted by molar-refractivity contribution is -0.137. The quantitative estimate of drug-likeness (QED) is 0.808. The molecule has 1 atom stereocenters. The number of tetrazole rings is 1. The highest BCUT2D eigenvalue weighted by molar-refractivity contribution is 5.67. The van der Waals surface area contributed by atoms with E-state index in [-0.39, 0.29) is 17.9 Å². The third-order valence-electron chi connectivity index (χ3n) is 2.05.